The Balaban J connectivity index is 2.64. The fourth-order valence-corrected chi connectivity index (χ4v) is 2.21. The number of hydrogen-bond acceptors (Lipinski definition) is 5. The van der Waals surface area contributed by atoms with Crippen LogP contribution in [0.15, 0.2) is 30.3 Å². The van der Waals surface area contributed by atoms with Crippen molar-refractivity contribution in [1.29, 1.82) is 0 Å². The number of amides is 1. The minimum atomic E-state index is -0.610. The number of likely N-dealkylation sites (N-methyl/N-ethyl adjacent to an activating group) is 1. The van der Waals surface area contributed by atoms with Crippen LogP contribution in [0.5, 0.6) is 0 Å². The summed E-state index contributed by atoms with van der Waals surface area (Å²) in [6.45, 7) is 9.31. The Labute approximate surface area is 144 Å². The topological polar surface area (TPSA) is 67.9 Å². The second kappa shape index (κ2) is 8.68. The summed E-state index contributed by atoms with van der Waals surface area (Å²) < 4.78 is 10.6. The smallest absolute Gasteiger partial charge is 0.422 e. The van der Waals surface area contributed by atoms with E-state index in [1.165, 1.54) is 5.01 Å². The molecule has 0 aliphatic carbocycles. The molecule has 0 aliphatic heterocycles. The highest BCUT2D eigenvalue weighted by Gasteiger charge is 2.30. The van der Waals surface area contributed by atoms with Gasteiger partial charge in [-0.3, -0.25) is 10.2 Å². The van der Waals surface area contributed by atoms with Gasteiger partial charge in [0.1, 0.15) is 18.2 Å². The van der Waals surface area contributed by atoms with Crippen molar-refractivity contribution in [3.05, 3.63) is 35.9 Å². The maximum Gasteiger partial charge on any atom is 0.422 e. The Morgan fingerprint density at radius 1 is 1.17 bits per heavy atom. The minimum Gasteiger partial charge on any atom is -0.460 e. The minimum absolute atomic E-state index is 0.0480. The van der Waals surface area contributed by atoms with E-state index in [-0.39, 0.29) is 12.5 Å². The molecule has 0 fully saturated rings. The number of nitrogens with one attached hydrogen (secondary N) is 1. The summed E-state index contributed by atoms with van der Waals surface area (Å²) in [7, 11) is 1.62. The highest BCUT2D eigenvalue weighted by molar-refractivity contribution is 5.77. The molecule has 0 bridgehead atoms. The Kier molecular flexibility index (Phi) is 7.22. The first-order valence-corrected chi connectivity index (χ1v) is 8.03. The summed E-state index contributed by atoms with van der Waals surface area (Å²) in [5.74, 6) is -0.444. The summed E-state index contributed by atoms with van der Waals surface area (Å²) >= 11 is 0. The fraction of sp³-hybridized carbons (Fsp3) is 0.556. The van der Waals surface area contributed by atoms with E-state index in [1.807, 2.05) is 44.2 Å². The van der Waals surface area contributed by atoms with Gasteiger partial charge < -0.3 is 9.47 Å². The van der Waals surface area contributed by atoms with Crippen molar-refractivity contribution in [2.75, 3.05) is 7.05 Å². The largest absolute Gasteiger partial charge is 0.460 e. The van der Waals surface area contributed by atoms with Crippen LogP contribution in [0.2, 0.25) is 0 Å². The number of rotatable bonds is 6. The van der Waals surface area contributed by atoms with Crippen LogP contribution < -0.4 is 5.43 Å². The summed E-state index contributed by atoms with van der Waals surface area (Å²) in [5.41, 5.74) is 2.88. The van der Waals surface area contributed by atoms with Crippen LogP contribution in [0.3, 0.4) is 0 Å². The Morgan fingerprint density at radius 3 is 2.25 bits per heavy atom. The molecule has 0 spiro atoms. The van der Waals surface area contributed by atoms with E-state index < -0.39 is 23.7 Å². The molecule has 0 unspecified atom stereocenters. The molecular weight excluding hydrogens is 308 g/mol. The van der Waals surface area contributed by atoms with E-state index in [2.05, 4.69) is 5.43 Å². The Hall–Kier alpha value is -2.08. The van der Waals surface area contributed by atoms with Gasteiger partial charge in [-0.05, 0) is 32.3 Å². The van der Waals surface area contributed by atoms with Crippen molar-refractivity contribution < 1.29 is 19.1 Å². The molecule has 1 N–H and O–H groups in total. The monoisotopic (exact) mass is 336 g/mol. The van der Waals surface area contributed by atoms with E-state index in [0.717, 1.165) is 5.56 Å². The van der Waals surface area contributed by atoms with Gasteiger partial charge >= 0.3 is 12.1 Å². The lowest BCUT2D eigenvalue weighted by molar-refractivity contribution is -0.153. The van der Waals surface area contributed by atoms with Crippen molar-refractivity contribution in [1.82, 2.24) is 10.4 Å². The van der Waals surface area contributed by atoms with Gasteiger partial charge in [0, 0.05) is 7.05 Å². The predicted molar refractivity (Wildman–Crippen MR) is 92.0 cm³/mol. The number of carbonyl (C=O) groups excluding carboxylic acids is 2. The molecule has 1 rings (SSSR count). The van der Waals surface area contributed by atoms with E-state index >= 15 is 0 Å². The molecule has 1 atom stereocenters. The van der Waals surface area contributed by atoms with E-state index in [9.17, 15) is 9.59 Å². The average Bonchev–Trinajstić information content (AvgIpc) is 2.43. The molecule has 1 amide bonds. The highest BCUT2D eigenvalue weighted by Crippen LogP contribution is 2.12. The van der Waals surface area contributed by atoms with Gasteiger partial charge in [0.05, 0.1) is 0 Å². The third-order valence-corrected chi connectivity index (χ3v) is 3.18. The van der Waals surface area contributed by atoms with Crippen LogP contribution >= 0.6 is 0 Å². The van der Waals surface area contributed by atoms with Crippen LogP contribution in [-0.2, 0) is 20.9 Å². The van der Waals surface area contributed by atoms with Crippen molar-refractivity contribution in [3.63, 3.8) is 0 Å². The number of carbonyl (C=O) groups is 2. The van der Waals surface area contributed by atoms with Crippen LogP contribution in [0.25, 0.3) is 0 Å². The van der Waals surface area contributed by atoms with Crippen molar-refractivity contribution >= 4 is 12.1 Å². The van der Waals surface area contributed by atoms with Crippen LogP contribution in [0.4, 0.5) is 4.79 Å². The standard InChI is InChI=1S/C18H28N2O4/c1-13(2)15(20(6)19-17(22)24-18(3,4)5)16(21)23-12-14-10-8-7-9-11-14/h7-11,13,15H,12H2,1-6H3,(H,19,22)/t15-/m0/s1. The molecule has 134 valence electrons. The highest BCUT2D eigenvalue weighted by atomic mass is 16.6. The molecule has 6 heteroatoms. The van der Waals surface area contributed by atoms with E-state index in [1.54, 1.807) is 27.8 Å². The second-order valence-corrected chi connectivity index (χ2v) is 7.01. The first-order valence-electron chi connectivity index (χ1n) is 8.03. The van der Waals surface area contributed by atoms with Crippen LogP contribution in [0.1, 0.15) is 40.2 Å². The van der Waals surface area contributed by atoms with Gasteiger partial charge in [0.2, 0.25) is 0 Å². The summed E-state index contributed by atoms with van der Waals surface area (Å²) in [6.07, 6.45) is -0.605. The Bertz CT molecular complexity index is 538. The summed E-state index contributed by atoms with van der Waals surface area (Å²) in [6, 6.07) is 8.85. The number of hydrazine groups is 1. The van der Waals surface area contributed by atoms with Crippen LogP contribution in [-0.4, -0.2) is 35.8 Å². The number of ether oxygens (including phenoxy) is 2. The quantitative estimate of drug-likeness (QED) is 0.638. The van der Waals surface area contributed by atoms with Crippen LogP contribution in [0, 0.1) is 5.92 Å². The van der Waals surface area contributed by atoms with Gasteiger partial charge in [0.15, 0.2) is 0 Å². The van der Waals surface area contributed by atoms with Gasteiger partial charge in [-0.25, -0.2) is 9.80 Å². The molecule has 1 aromatic rings. The molecule has 0 heterocycles. The van der Waals surface area contributed by atoms with Gasteiger partial charge in [-0.2, -0.15) is 0 Å². The summed E-state index contributed by atoms with van der Waals surface area (Å²) in [4.78, 5) is 24.3. The number of benzene rings is 1. The number of nitrogens with zero attached hydrogens (tertiary/aromatic N) is 1. The van der Waals surface area contributed by atoms with Gasteiger partial charge in [-0.15, -0.1) is 0 Å². The SMILES string of the molecule is CC(C)[C@@H](C(=O)OCc1ccccc1)N(C)NC(=O)OC(C)(C)C. The van der Waals surface area contributed by atoms with Gasteiger partial charge in [0.25, 0.3) is 0 Å². The van der Waals surface area contributed by atoms with Crippen molar-refractivity contribution in [2.24, 2.45) is 5.92 Å². The lowest BCUT2D eigenvalue weighted by Crippen LogP contribution is -2.53. The first-order chi connectivity index (χ1) is 11.1. The summed E-state index contributed by atoms with van der Waals surface area (Å²) in [5, 5.41) is 1.44. The van der Waals surface area contributed by atoms with Crippen molar-refractivity contribution in [3.8, 4) is 0 Å². The van der Waals surface area contributed by atoms with E-state index in [0.29, 0.717) is 0 Å². The number of hydrogen-bond donors (Lipinski definition) is 1. The predicted octanol–water partition coefficient (Wildman–Crippen LogP) is 3.13. The second-order valence-electron chi connectivity index (χ2n) is 7.01. The molecule has 6 nitrogen and oxygen atoms in total. The van der Waals surface area contributed by atoms with Crippen molar-refractivity contribution in [2.45, 2.75) is 52.9 Å². The zero-order valence-corrected chi connectivity index (χ0v) is 15.3. The molecule has 0 saturated heterocycles. The maximum absolute atomic E-state index is 12.4. The normalized spacial score (nSPS) is 12.8. The van der Waals surface area contributed by atoms with E-state index in [4.69, 9.17) is 9.47 Å². The zero-order chi connectivity index (χ0) is 18.3. The molecule has 0 aromatic heterocycles. The maximum atomic E-state index is 12.4. The third kappa shape index (κ3) is 7.00. The third-order valence-electron chi connectivity index (χ3n) is 3.18. The first kappa shape index (κ1) is 20.0. The lowest BCUT2D eigenvalue weighted by Gasteiger charge is -2.30. The van der Waals surface area contributed by atoms with Gasteiger partial charge in [-0.1, -0.05) is 44.2 Å². The molecule has 0 radical (unpaired) electrons. The molecule has 0 saturated carbocycles. The lowest BCUT2D eigenvalue weighted by atomic mass is 10.0. The molecule has 24 heavy (non-hydrogen) atoms. The molecular formula is C18H28N2O4. The molecule has 1 aromatic carbocycles. The average molecular weight is 336 g/mol. The Morgan fingerprint density at radius 2 is 1.75 bits per heavy atom. The fourth-order valence-electron chi connectivity index (χ4n) is 2.21. The number of esters is 1. The zero-order valence-electron chi connectivity index (χ0n) is 15.3. The molecule has 0 aliphatic rings.